The van der Waals surface area contributed by atoms with Gasteiger partial charge in [0.15, 0.2) is 0 Å². The van der Waals surface area contributed by atoms with Gasteiger partial charge in [-0.15, -0.1) is 0 Å². The van der Waals surface area contributed by atoms with Crippen molar-refractivity contribution in [2.24, 2.45) is 11.8 Å². The lowest BCUT2D eigenvalue weighted by molar-refractivity contribution is -0.141. The molecule has 0 saturated heterocycles. The number of methoxy groups -OCH3 is 1. The number of aliphatic carboxylic acids is 1. The average Bonchev–Trinajstić information content (AvgIpc) is 2.73. The van der Waals surface area contributed by atoms with Crippen molar-refractivity contribution in [2.45, 2.75) is 63.9 Å². The molecule has 0 aromatic heterocycles. The summed E-state index contributed by atoms with van der Waals surface area (Å²) in [5.41, 5.74) is 0. The zero-order chi connectivity index (χ0) is 16.5. The van der Waals surface area contributed by atoms with Gasteiger partial charge in [-0.1, -0.05) is 19.3 Å². The van der Waals surface area contributed by atoms with E-state index in [1.54, 1.807) is 0 Å². The van der Waals surface area contributed by atoms with Gasteiger partial charge in [0.1, 0.15) is 5.78 Å². The molecular formula is C16H26O6. The second-order valence-electron chi connectivity index (χ2n) is 5.97. The van der Waals surface area contributed by atoms with Crippen LogP contribution in [0.15, 0.2) is 0 Å². The first-order valence-corrected chi connectivity index (χ1v) is 7.95. The number of rotatable bonds is 10. The topological polar surface area (TPSA) is 101 Å². The van der Waals surface area contributed by atoms with Crippen LogP contribution in [0.2, 0.25) is 0 Å². The molecule has 22 heavy (non-hydrogen) atoms. The number of ether oxygens (including phenoxy) is 1. The van der Waals surface area contributed by atoms with Crippen LogP contribution >= 0.6 is 0 Å². The molecule has 0 unspecified atom stereocenters. The van der Waals surface area contributed by atoms with E-state index in [0.717, 1.165) is 25.7 Å². The Morgan fingerprint density at radius 2 is 1.82 bits per heavy atom. The van der Waals surface area contributed by atoms with E-state index in [2.05, 4.69) is 4.74 Å². The fourth-order valence-electron chi connectivity index (χ4n) is 3.16. The van der Waals surface area contributed by atoms with Crippen molar-refractivity contribution in [3.8, 4) is 0 Å². The fraction of sp³-hybridized carbons (Fsp3) is 0.812. The fourth-order valence-corrected chi connectivity index (χ4v) is 3.16. The predicted molar refractivity (Wildman–Crippen MR) is 79.2 cm³/mol. The number of carbonyl (C=O) groups excluding carboxylic acids is 2. The smallest absolute Gasteiger partial charge is 0.305 e. The van der Waals surface area contributed by atoms with E-state index < -0.39 is 12.1 Å². The van der Waals surface area contributed by atoms with Gasteiger partial charge >= 0.3 is 11.9 Å². The minimum Gasteiger partial charge on any atom is -0.481 e. The van der Waals surface area contributed by atoms with Gasteiger partial charge < -0.3 is 14.9 Å². The molecule has 0 amide bonds. The van der Waals surface area contributed by atoms with E-state index >= 15 is 0 Å². The molecule has 1 rings (SSSR count). The maximum atomic E-state index is 11.9. The molecule has 0 heterocycles. The monoisotopic (exact) mass is 314 g/mol. The number of carbonyl (C=O) groups is 3. The summed E-state index contributed by atoms with van der Waals surface area (Å²) in [6.07, 6.45) is 4.36. The molecule has 3 atom stereocenters. The van der Waals surface area contributed by atoms with Crippen molar-refractivity contribution >= 4 is 17.7 Å². The minimum absolute atomic E-state index is 0.00929. The van der Waals surface area contributed by atoms with Crippen LogP contribution in [0.25, 0.3) is 0 Å². The van der Waals surface area contributed by atoms with Gasteiger partial charge in [0.2, 0.25) is 0 Å². The summed E-state index contributed by atoms with van der Waals surface area (Å²) in [5, 5.41) is 18.7. The van der Waals surface area contributed by atoms with E-state index in [9.17, 15) is 19.5 Å². The summed E-state index contributed by atoms with van der Waals surface area (Å²) in [4.78, 5) is 33.5. The van der Waals surface area contributed by atoms with Crippen LogP contribution in [0.3, 0.4) is 0 Å². The summed E-state index contributed by atoms with van der Waals surface area (Å²) in [6, 6.07) is 0. The molecule has 0 aromatic rings. The Kier molecular flexibility index (Phi) is 8.09. The van der Waals surface area contributed by atoms with Crippen LogP contribution in [0.1, 0.15) is 57.8 Å². The van der Waals surface area contributed by atoms with Crippen molar-refractivity contribution in [2.75, 3.05) is 7.11 Å². The molecular weight excluding hydrogens is 288 g/mol. The first-order chi connectivity index (χ1) is 10.5. The second kappa shape index (κ2) is 9.56. The molecule has 0 bridgehead atoms. The maximum absolute atomic E-state index is 11.9. The quantitative estimate of drug-likeness (QED) is 0.472. The van der Waals surface area contributed by atoms with Crippen molar-refractivity contribution in [1.82, 2.24) is 0 Å². The number of aliphatic hydroxyl groups is 1. The normalized spacial score (nSPS) is 24.5. The number of carboxylic acid groups (broad SMARTS) is 1. The van der Waals surface area contributed by atoms with Gasteiger partial charge in [0, 0.05) is 25.2 Å². The number of hydrogen-bond donors (Lipinski definition) is 2. The standard InChI is InChI=1S/C16H26O6/c1-22-16(21)7-5-3-2-4-6-11-12(8-9-15(19)20)14(18)10-13(11)17/h11-12,14,18H,2-10H2,1H3,(H,19,20)/t11-,12-,14-/m1/s1. The predicted octanol–water partition coefficient (Wildman–Crippen LogP) is 1.93. The molecule has 1 aliphatic rings. The highest BCUT2D eigenvalue weighted by Crippen LogP contribution is 2.36. The lowest BCUT2D eigenvalue weighted by Gasteiger charge is -2.20. The van der Waals surface area contributed by atoms with Gasteiger partial charge in [-0.25, -0.2) is 0 Å². The molecule has 0 radical (unpaired) electrons. The Morgan fingerprint density at radius 3 is 2.45 bits per heavy atom. The first-order valence-electron chi connectivity index (χ1n) is 7.95. The summed E-state index contributed by atoms with van der Waals surface area (Å²) in [7, 11) is 1.37. The molecule has 0 spiro atoms. The molecule has 0 aliphatic heterocycles. The van der Waals surface area contributed by atoms with Crippen molar-refractivity contribution in [3.05, 3.63) is 0 Å². The van der Waals surface area contributed by atoms with Crippen molar-refractivity contribution in [3.63, 3.8) is 0 Å². The molecule has 1 aliphatic carbocycles. The third-order valence-corrected chi connectivity index (χ3v) is 4.40. The van der Waals surface area contributed by atoms with Crippen LogP contribution in [0, 0.1) is 11.8 Å². The largest absolute Gasteiger partial charge is 0.481 e. The zero-order valence-corrected chi connectivity index (χ0v) is 13.1. The highest BCUT2D eigenvalue weighted by molar-refractivity contribution is 5.84. The minimum atomic E-state index is -0.895. The van der Waals surface area contributed by atoms with Gasteiger partial charge in [-0.3, -0.25) is 14.4 Å². The van der Waals surface area contributed by atoms with Gasteiger partial charge in [0.25, 0.3) is 0 Å². The summed E-state index contributed by atoms with van der Waals surface area (Å²) in [5.74, 6) is -1.48. The Labute approximate surface area is 130 Å². The summed E-state index contributed by atoms with van der Waals surface area (Å²) >= 11 is 0. The van der Waals surface area contributed by atoms with Crippen LogP contribution in [-0.4, -0.2) is 41.1 Å². The number of hydrogen-bond acceptors (Lipinski definition) is 5. The van der Waals surface area contributed by atoms with Crippen molar-refractivity contribution in [1.29, 1.82) is 0 Å². The van der Waals surface area contributed by atoms with Crippen LogP contribution in [0.5, 0.6) is 0 Å². The maximum Gasteiger partial charge on any atom is 0.305 e. The molecule has 2 N–H and O–H groups in total. The number of Topliss-reactive ketones (excluding diaryl/α,β-unsaturated/α-hetero) is 1. The average molecular weight is 314 g/mol. The number of carboxylic acids is 1. The van der Waals surface area contributed by atoms with Gasteiger partial charge in [0.05, 0.1) is 13.2 Å². The SMILES string of the molecule is COC(=O)CCCCCC[C@H]1C(=O)C[C@@H](O)[C@@H]1CCC(=O)O. The highest BCUT2D eigenvalue weighted by Gasteiger charge is 2.40. The van der Waals surface area contributed by atoms with Crippen LogP contribution in [-0.2, 0) is 19.1 Å². The van der Waals surface area contributed by atoms with Gasteiger partial charge in [-0.2, -0.15) is 0 Å². The highest BCUT2D eigenvalue weighted by atomic mass is 16.5. The van der Waals surface area contributed by atoms with Crippen molar-refractivity contribution < 1.29 is 29.3 Å². The summed E-state index contributed by atoms with van der Waals surface area (Å²) in [6.45, 7) is 0. The molecule has 1 saturated carbocycles. The Bertz CT molecular complexity index is 392. The lowest BCUT2D eigenvalue weighted by Crippen LogP contribution is -2.21. The van der Waals surface area contributed by atoms with Crippen LogP contribution in [0.4, 0.5) is 0 Å². The van der Waals surface area contributed by atoms with Gasteiger partial charge in [-0.05, 0) is 25.2 Å². The first kappa shape index (κ1) is 18.6. The summed E-state index contributed by atoms with van der Waals surface area (Å²) < 4.78 is 4.56. The Hall–Kier alpha value is -1.43. The van der Waals surface area contributed by atoms with Crippen LogP contribution < -0.4 is 0 Å². The third-order valence-electron chi connectivity index (χ3n) is 4.40. The Morgan fingerprint density at radius 1 is 1.14 bits per heavy atom. The second-order valence-corrected chi connectivity index (χ2v) is 5.97. The third kappa shape index (κ3) is 6.13. The number of aliphatic hydroxyl groups excluding tert-OH is 1. The van der Waals surface area contributed by atoms with E-state index in [1.807, 2.05) is 0 Å². The van der Waals surface area contributed by atoms with E-state index in [1.165, 1.54) is 7.11 Å². The molecule has 6 nitrogen and oxygen atoms in total. The molecule has 0 aromatic carbocycles. The number of unbranched alkanes of at least 4 members (excludes halogenated alkanes) is 3. The Balaban J connectivity index is 2.27. The lowest BCUT2D eigenvalue weighted by atomic mass is 9.86. The zero-order valence-electron chi connectivity index (χ0n) is 13.1. The molecule has 126 valence electrons. The van der Waals surface area contributed by atoms with E-state index in [0.29, 0.717) is 19.3 Å². The van der Waals surface area contributed by atoms with E-state index in [4.69, 9.17) is 5.11 Å². The number of esters is 1. The molecule has 1 fully saturated rings. The van der Waals surface area contributed by atoms with E-state index in [-0.39, 0.29) is 36.4 Å². The number of ketones is 1. The molecule has 6 heteroatoms.